The van der Waals surface area contributed by atoms with Crippen molar-refractivity contribution in [3.05, 3.63) is 29.3 Å². The van der Waals surface area contributed by atoms with Gasteiger partial charge in [0.05, 0.1) is 17.2 Å². The minimum absolute atomic E-state index is 0.155. The molecule has 0 aromatic heterocycles. The summed E-state index contributed by atoms with van der Waals surface area (Å²) in [5.74, 6) is 0. The Labute approximate surface area is 157 Å². The number of benzene rings is 1. The van der Waals surface area contributed by atoms with Gasteiger partial charge in [-0.1, -0.05) is 18.2 Å². The fraction of sp³-hybridized carbons (Fsp3) is 0.650. The van der Waals surface area contributed by atoms with E-state index < -0.39 is 11.7 Å². The average Bonchev–Trinajstić information content (AvgIpc) is 2.64. The first-order valence-electron chi connectivity index (χ1n) is 9.17. The first-order chi connectivity index (χ1) is 11.7. The van der Waals surface area contributed by atoms with Gasteiger partial charge in [0, 0.05) is 0 Å². The predicted molar refractivity (Wildman–Crippen MR) is 105 cm³/mol. The summed E-state index contributed by atoms with van der Waals surface area (Å²) in [5, 5.41) is 2.89. The van der Waals surface area contributed by atoms with Crippen LogP contribution in [-0.2, 0) is 14.0 Å². The van der Waals surface area contributed by atoms with Gasteiger partial charge in [0.1, 0.15) is 5.60 Å². The van der Waals surface area contributed by atoms with Crippen molar-refractivity contribution in [2.75, 3.05) is 0 Å². The number of nitrogens with one attached hydrogen (secondary N) is 1. The molecule has 1 atom stereocenters. The summed E-state index contributed by atoms with van der Waals surface area (Å²) in [6.07, 6.45) is -0.417. The molecule has 144 valence electrons. The van der Waals surface area contributed by atoms with Crippen molar-refractivity contribution in [2.24, 2.45) is 0 Å². The van der Waals surface area contributed by atoms with Gasteiger partial charge in [-0.3, -0.25) is 0 Å². The lowest BCUT2D eigenvalue weighted by molar-refractivity contribution is 0.00578. The lowest BCUT2D eigenvalue weighted by Crippen LogP contribution is -2.41. The van der Waals surface area contributed by atoms with E-state index in [9.17, 15) is 4.79 Å². The van der Waals surface area contributed by atoms with E-state index in [1.54, 1.807) is 0 Å². The van der Waals surface area contributed by atoms with Gasteiger partial charge < -0.3 is 19.4 Å². The average molecular weight is 361 g/mol. The van der Waals surface area contributed by atoms with Gasteiger partial charge in [0.25, 0.3) is 0 Å². The maximum absolute atomic E-state index is 12.0. The maximum atomic E-state index is 12.0. The lowest BCUT2D eigenvalue weighted by atomic mass is 9.77. The minimum atomic E-state index is -0.514. The summed E-state index contributed by atoms with van der Waals surface area (Å²) < 4.78 is 17.6. The molecule has 5 nitrogen and oxygen atoms in total. The molecule has 2 rings (SSSR count). The highest BCUT2D eigenvalue weighted by Crippen LogP contribution is 2.36. The monoisotopic (exact) mass is 361 g/mol. The topological polar surface area (TPSA) is 56.8 Å². The summed E-state index contributed by atoms with van der Waals surface area (Å²) in [5.41, 5.74) is 1.84. The van der Waals surface area contributed by atoms with Crippen molar-refractivity contribution in [1.82, 2.24) is 5.32 Å². The van der Waals surface area contributed by atoms with Gasteiger partial charge in [-0.2, -0.15) is 0 Å². The summed E-state index contributed by atoms with van der Waals surface area (Å²) in [7, 11) is -0.387. The number of hydrogen-bond donors (Lipinski definition) is 1. The van der Waals surface area contributed by atoms with Crippen LogP contribution in [0.5, 0.6) is 0 Å². The Bertz CT molecular complexity index is 663. The Balaban J connectivity index is 2.11. The molecule has 1 heterocycles. The Morgan fingerprint density at radius 3 is 2.15 bits per heavy atom. The van der Waals surface area contributed by atoms with Crippen LogP contribution >= 0.6 is 0 Å². The first-order valence-corrected chi connectivity index (χ1v) is 9.17. The van der Waals surface area contributed by atoms with Gasteiger partial charge in [0.15, 0.2) is 0 Å². The fourth-order valence-corrected chi connectivity index (χ4v) is 2.87. The van der Waals surface area contributed by atoms with Gasteiger partial charge in [-0.15, -0.1) is 0 Å². The third-order valence-electron chi connectivity index (χ3n) is 5.02. The second-order valence-electron chi connectivity index (χ2n) is 9.07. The second kappa shape index (κ2) is 6.89. The minimum Gasteiger partial charge on any atom is -0.444 e. The summed E-state index contributed by atoms with van der Waals surface area (Å²) in [4.78, 5) is 12.0. The first kappa shape index (κ1) is 20.8. The molecule has 0 aliphatic carbocycles. The quantitative estimate of drug-likeness (QED) is 0.830. The molecule has 1 aromatic carbocycles. The standard InChI is InChI=1S/C20H32BNO4/c1-13-12-15(21-25-19(6,7)20(8,9)26-21)10-11-16(13)14(2)22-17(23)24-18(3,4)5/h10-12,14H,1-9H3,(H,22,23). The fourth-order valence-electron chi connectivity index (χ4n) is 2.87. The van der Waals surface area contributed by atoms with Crippen LogP contribution in [0.2, 0.25) is 0 Å². The molecule has 0 spiro atoms. The SMILES string of the molecule is Cc1cc(B2OC(C)(C)C(C)(C)O2)ccc1C(C)NC(=O)OC(C)(C)C. The summed E-state index contributed by atoms with van der Waals surface area (Å²) >= 11 is 0. The Morgan fingerprint density at radius 1 is 1.15 bits per heavy atom. The third kappa shape index (κ3) is 4.60. The van der Waals surface area contributed by atoms with Crippen molar-refractivity contribution in [3.8, 4) is 0 Å². The Morgan fingerprint density at radius 2 is 1.69 bits per heavy atom. The van der Waals surface area contributed by atoms with Gasteiger partial charge in [-0.05, 0) is 78.9 Å². The molecule has 1 aliphatic rings. The van der Waals surface area contributed by atoms with E-state index >= 15 is 0 Å². The largest absolute Gasteiger partial charge is 0.494 e. The van der Waals surface area contributed by atoms with E-state index in [4.69, 9.17) is 14.0 Å². The molecule has 1 saturated heterocycles. The number of hydrogen-bond acceptors (Lipinski definition) is 4. The Kier molecular flexibility index (Phi) is 5.51. The van der Waals surface area contributed by atoms with Crippen LogP contribution in [0.15, 0.2) is 18.2 Å². The molecule has 0 bridgehead atoms. The number of amides is 1. The van der Waals surface area contributed by atoms with Gasteiger partial charge in [-0.25, -0.2) is 4.79 Å². The van der Waals surface area contributed by atoms with Gasteiger partial charge >= 0.3 is 13.2 Å². The smallest absolute Gasteiger partial charge is 0.444 e. The normalized spacial score (nSPS) is 20.0. The zero-order chi connectivity index (χ0) is 19.9. The number of rotatable bonds is 3. The zero-order valence-electron chi connectivity index (χ0n) is 17.5. The van der Waals surface area contributed by atoms with Crippen LogP contribution in [0.3, 0.4) is 0 Å². The van der Waals surface area contributed by atoms with Crippen molar-refractivity contribution < 1.29 is 18.8 Å². The number of alkyl carbamates (subject to hydrolysis) is 1. The van der Waals surface area contributed by atoms with Crippen molar-refractivity contribution >= 4 is 18.7 Å². The molecular weight excluding hydrogens is 329 g/mol. The molecule has 26 heavy (non-hydrogen) atoms. The molecule has 1 fully saturated rings. The molecule has 1 unspecified atom stereocenters. The molecule has 0 saturated carbocycles. The van der Waals surface area contributed by atoms with Crippen LogP contribution in [0, 0.1) is 6.92 Å². The van der Waals surface area contributed by atoms with E-state index in [0.717, 1.165) is 16.6 Å². The van der Waals surface area contributed by atoms with Crippen LogP contribution in [-0.4, -0.2) is 30.0 Å². The summed E-state index contributed by atoms with van der Waals surface area (Å²) in [6.45, 7) is 17.7. The highest BCUT2D eigenvalue weighted by Gasteiger charge is 2.51. The van der Waals surface area contributed by atoms with Crippen molar-refractivity contribution in [3.63, 3.8) is 0 Å². The molecule has 0 radical (unpaired) electrons. The van der Waals surface area contributed by atoms with E-state index in [1.165, 1.54) is 0 Å². The molecule has 1 aromatic rings. The van der Waals surface area contributed by atoms with Crippen LogP contribution in [0.4, 0.5) is 4.79 Å². The maximum Gasteiger partial charge on any atom is 0.494 e. The van der Waals surface area contributed by atoms with E-state index in [1.807, 2.05) is 74.4 Å². The van der Waals surface area contributed by atoms with Crippen LogP contribution in [0.1, 0.15) is 72.6 Å². The van der Waals surface area contributed by atoms with Crippen LogP contribution < -0.4 is 10.8 Å². The zero-order valence-corrected chi connectivity index (χ0v) is 17.5. The van der Waals surface area contributed by atoms with E-state index in [2.05, 4.69) is 11.4 Å². The number of carbonyl (C=O) groups excluding carboxylic acids is 1. The second-order valence-corrected chi connectivity index (χ2v) is 9.07. The molecule has 1 aliphatic heterocycles. The van der Waals surface area contributed by atoms with Crippen LogP contribution in [0.25, 0.3) is 0 Å². The van der Waals surface area contributed by atoms with Crippen molar-refractivity contribution in [1.29, 1.82) is 0 Å². The van der Waals surface area contributed by atoms with E-state index in [0.29, 0.717) is 0 Å². The highest BCUT2D eigenvalue weighted by molar-refractivity contribution is 6.62. The molecule has 1 amide bonds. The predicted octanol–water partition coefficient (Wildman–Crippen LogP) is 3.88. The lowest BCUT2D eigenvalue weighted by Gasteiger charge is -2.32. The number of ether oxygens (including phenoxy) is 1. The summed E-state index contributed by atoms with van der Waals surface area (Å²) in [6, 6.07) is 5.91. The molecular formula is C20H32BNO4. The highest BCUT2D eigenvalue weighted by atomic mass is 16.7. The van der Waals surface area contributed by atoms with Crippen molar-refractivity contribution in [2.45, 2.75) is 85.2 Å². The molecule has 1 N–H and O–H groups in total. The molecule has 6 heteroatoms. The van der Waals surface area contributed by atoms with Gasteiger partial charge in [0.2, 0.25) is 0 Å². The third-order valence-corrected chi connectivity index (χ3v) is 5.02. The number of aryl methyl sites for hydroxylation is 1. The Hall–Kier alpha value is -1.53. The van der Waals surface area contributed by atoms with E-state index in [-0.39, 0.29) is 24.4 Å². The number of carbonyl (C=O) groups is 1.